The van der Waals surface area contributed by atoms with E-state index < -0.39 is 15.6 Å². The van der Waals surface area contributed by atoms with Gasteiger partial charge >= 0.3 is 0 Å². The second-order valence-electron chi connectivity index (χ2n) is 6.86. The standard InChI is InChI=1S/C20H27NO2S/c1-4-5-13-18-14-9-10-15-19(18)24(22,23)21-20(2,3)16-17-11-7-6-8-12-17/h6-12,14-15,21H,4-5,13,16H2,1-3H3. The van der Waals surface area contributed by atoms with Crippen LogP contribution in [0.3, 0.4) is 0 Å². The van der Waals surface area contributed by atoms with Crippen LogP contribution in [0.2, 0.25) is 0 Å². The van der Waals surface area contributed by atoms with Gasteiger partial charge in [-0.2, -0.15) is 0 Å². The Kier molecular flexibility index (Phi) is 6.19. The average molecular weight is 346 g/mol. The van der Waals surface area contributed by atoms with Crippen molar-refractivity contribution in [2.45, 2.75) is 56.9 Å². The number of unbranched alkanes of at least 4 members (excludes halogenated alkanes) is 1. The normalized spacial score (nSPS) is 12.3. The zero-order chi connectivity index (χ0) is 17.6. The predicted octanol–water partition coefficient (Wildman–Crippen LogP) is 4.33. The number of rotatable bonds is 8. The minimum absolute atomic E-state index is 0.402. The molecule has 3 nitrogen and oxygen atoms in total. The van der Waals surface area contributed by atoms with Crippen molar-refractivity contribution in [1.82, 2.24) is 4.72 Å². The van der Waals surface area contributed by atoms with Crippen molar-refractivity contribution in [1.29, 1.82) is 0 Å². The van der Waals surface area contributed by atoms with E-state index in [0.717, 1.165) is 30.4 Å². The topological polar surface area (TPSA) is 46.2 Å². The molecule has 4 heteroatoms. The summed E-state index contributed by atoms with van der Waals surface area (Å²) in [6, 6.07) is 17.2. The highest BCUT2D eigenvalue weighted by Gasteiger charge is 2.27. The van der Waals surface area contributed by atoms with Crippen LogP contribution in [0.25, 0.3) is 0 Å². The van der Waals surface area contributed by atoms with E-state index in [1.165, 1.54) is 0 Å². The summed E-state index contributed by atoms with van der Waals surface area (Å²) in [4.78, 5) is 0.402. The summed E-state index contributed by atoms with van der Waals surface area (Å²) in [5.74, 6) is 0. The van der Waals surface area contributed by atoms with Gasteiger partial charge in [0.25, 0.3) is 0 Å². The molecule has 0 fully saturated rings. The maximum Gasteiger partial charge on any atom is 0.241 e. The number of nitrogens with one attached hydrogen (secondary N) is 1. The van der Waals surface area contributed by atoms with E-state index in [2.05, 4.69) is 11.6 Å². The van der Waals surface area contributed by atoms with Crippen LogP contribution in [0.1, 0.15) is 44.7 Å². The third-order valence-corrected chi connectivity index (χ3v) is 5.76. The summed E-state index contributed by atoms with van der Waals surface area (Å²) in [5, 5.41) is 0. The number of hydrogen-bond donors (Lipinski definition) is 1. The van der Waals surface area contributed by atoms with Gasteiger partial charge in [-0.15, -0.1) is 0 Å². The molecule has 24 heavy (non-hydrogen) atoms. The molecule has 1 N–H and O–H groups in total. The zero-order valence-corrected chi connectivity index (χ0v) is 15.6. The molecule has 2 rings (SSSR count). The summed E-state index contributed by atoms with van der Waals surface area (Å²) in [6.45, 7) is 5.96. The average Bonchev–Trinajstić information content (AvgIpc) is 2.52. The molecule has 130 valence electrons. The van der Waals surface area contributed by atoms with Gasteiger partial charge in [0.1, 0.15) is 0 Å². The Labute approximate surface area is 146 Å². The van der Waals surface area contributed by atoms with Gasteiger partial charge in [0.2, 0.25) is 10.0 Å². The highest BCUT2D eigenvalue weighted by atomic mass is 32.2. The fourth-order valence-electron chi connectivity index (χ4n) is 2.90. The van der Waals surface area contributed by atoms with Gasteiger partial charge in [-0.3, -0.25) is 0 Å². The molecule has 2 aromatic rings. The first-order valence-electron chi connectivity index (χ1n) is 8.50. The van der Waals surface area contributed by atoms with E-state index in [-0.39, 0.29) is 0 Å². The lowest BCUT2D eigenvalue weighted by Gasteiger charge is -2.27. The highest BCUT2D eigenvalue weighted by molar-refractivity contribution is 7.89. The summed E-state index contributed by atoms with van der Waals surface area (Å²) in [7, 11) is -3.55. The molecule has 0 spiro atoms. The first kappa shape index (κ1) is 18.7. The summed E-state index contributed by atoms with van der Waals surface area (Å²) < 4.78 is 28.7. The molecule has 2 aromatic carbocycles. The number of aryl methyl sites for hydroxylation is 1. The fourth-order valence-corrected chi connectivity index (χ4v) is 4.58. The highest BCUT2D eigenvalue weighted by Crippen LogP contribution is 2.21. The molecule has 0 aromatic heterocycles. The number of sulfonamides is 1. The third-order valence-electron chi connectivity index (χ3n) is 3.96. The van der Waals surface area contributed by atoms with Crippen LogP contribution in [0.15, 0.2) is 59.5 Å². The van der Waals surface area contributed by atoms with Crippen molar-refractivity contribution < 1.29 is 8.42 Å². The Hall–Kier alpha value is -1.65. The Morgan fingerprint density at radius 1 is 0.958 bits per heavy atom. The minimum atomic E-state index is -3.55. The lowest BCUT2D eigenvalue weighted by atomic mass is 9.96. The smallest absolute Gasteiger partial charge is 0.207 e. The van der Waals surface area contributed by atoms with Crippen LogP contribution < -0.4 is 4.72 Å². The number of hydrogen-bond acceptors (Lipinski definition) is 2. The SMILES string of the molecule is CCCCc1ccccc1S(=O)(=O)NC(C)(C)Cc1ccccc1. The molecule has 0 unspecified atom stereocenters. The molecular weight excluding hydrogens is 318 g/mol. The van der Waals surface area contributed by atoms with E-state index in [1.54, 1.807) is 12.1 Å². The fraction of sp³-hybridized carbons (Fsp3) is 0.400. The minimum Gasteiger partial charge on any atom is -0.207 e. The van der Waals surface area contributed by atoms with Gasteiger partial charge < -0.3 is 0 Å². The Balaban J connectivity index is 2.21. The van der Waals surface area contributed by atoms with Crippen LogP contribution in [0.5, 0.6) is 0 Å². The molecule has 0 aliphatic carbocycles. The Bertz CT molecular complexity index is 752. The zero-order valence-electron chi connectivity index (χ0n) is 14.7. The van der Waals surface area contributed by atoms with Gasteiger partial charge in [-0.25, -0.2) is 13.1 Å². The van der Waals surface area contributed by atoms with E-state index in [1.807, 2.05) is 56.3 Å². The van der Waals surface area contributed by atoms with Crippen molar-refractivity contribution in [2.24, 2.45) is 0 Å². The van der Waals surface area contributed by atoms with Crippen molar-refractivity contribution in [3.8, 4) is 0 Å². The molecule has 0 saturated heterocycles. The van der Waals surface area contributed by atoms with Gasteiger partial charge in [0.15, 0.2) is 0 Å². The summed E-state index contributed by atoms with van der Waals surface area (Å²) >= 11 is 0. The van der Waals surface area contributed by atoms with E-state index >= 15 is 0 Å². The molecular formula is C20H27NO2S. The lowest BCUT2D eigenvalue weighted by molar-refractivity contribution is 0.450. The molecule has 0 aliphatic heterocycles. The van der Waals surface area contributed by atoms with E-state index in [4.69, 9.17) is 0 Å². The first-order valence-corrected chi connectivity index (χ1v) is 9.98. The van der Waals surface area contributed by atoms with Crippen molar-refractivity contribution in [3.05, 3.63) is 65.7 Å². The number of benzene rings is 2. The van der Waals surface area contributed by atoms with Gasteiger partial charge in [0, 0.05) is 5.54 Å². The maximum atomic E-state index is 12.9. The Morgan fingerprint density at radius 2 is 1.58 bits per heavy atom. The van der Waals surface area contributed by atoms with E-state index in [9.17, 15) is 8.42 Å². The second-order valence-corrected chi connectivity index (χ2v) is 8.51. The van der Waals surface area contributed by atoms with Crippen LogP contribution >= 0.6 is 0 Å². The van der Waals surface area contributed by atoms with Crippen LogP contribution in [0.4, 0.5) is 0 Å². The van der Waals surface area contributed by atoms with Crippen LogP contribution in [0, 0.1) is 0 Å². The monoisotopic (exact) mass is 345 g/mol. The lowest BCUT2D eigenvalue weighted by Crippen LogP contribution is -2.45. The summed E-state index contributed by atoms with van der Waals surface area (Å²) in [6.07, 6.45) is 3.46. The van der Waals surface area contributed by atoms with Crippen molar-refractivity contribution >= 4 is 10.0 Å². The maximum absolute atomic E-state index is 12.9. The molecule has 0 amide bonds. The predicted molar refractivity (Wildman–Crippen MR) is 99.6 cm³/mol. The molecule has 0 aliphatic rings. The molecule has 0 saturated carbocycles. The van der Waals surface area contributed by atoms with Gasteiger partial charge in [-0.1, -0.05) is 61.9 Å². The quantitative estimate of drug-likeness (QED) is 0.774. The molecule has 0 heterocycles. The Morgan fingerprint density at radius 3 is 2.25 bits per heavy atom. The molecule has 0 atom stereocenters. The van der Waals surface area contributed by atoms with Crippen LogP contribution in [-0.2, 0) is 22.9 Å². The van der Waals surface area contributed by atoms with Gasteiger partial charge in [-0.05, 0) is 50.3 Å². The van der Waals surface area contributed by atoms with Crippen molar-refractivity contribution in [3.63, 3.8) is 0 Å². The largest absolute Gasteiger partial charge is 0.241 e. The van der Waals surface area contributed by atoms with Crippen molar-refractivity contribution in [2.75, 3.05) is 0 Å². The van der Waals surface area contributed by atoms with Crippen LogP contribution in [-0.4, -0.2) is 14.0 Å². The molecule has 0 radical (unpaired) electrons. The second kappa shape index (κ2) is 7.95. The third kappa shape index (κ3) is 5.18. The molecule has 0 bridgehead atoms. The van der Waals surface area contributed by atoms with Gasteiger partial charge in [0.05, 0.1) is 4.90 Å². The first-order chi connectivity index (χ1) is 11.3. The van der Waals surface area contributed by atoms with E-state index in [0.29, 0.717) is 11.3 Å². The summed E-state index contributed by atoms with van der Waals surface area (Å²) in [5.41, 5.74) is 1.45.